The van der Waals surface area contributed by atoms with Gasteiger partial charge in [-0.15, -0.1) is 0 Å². The first-order chi connectivity index (χ1) is 4.61. The van der Waals surface area contributed by atoms with Crippen molar-refractivity contribution in [2.75, 3.05) is 6.61 Å². The maximum absolute atomic E-state index is 11.8. The smallest absolute Gasteiger partial charge is 0.530 e. The lowest BCUT2D eigenvalue weighted by atomic mass is 9.86. The monoisotopic (exact) mass is 151 g/mol. The molecule has 0 amide bonds. The van der Waals surface area contributed by atoms with E-state index in [0.29, 0.717) is 12.8 Å². The van der Waals surface area contributed by atoms with Gasteiger partial charge in [0.25, 0.3) is 0 Å². The SMILES string of the molecule is F[B-](F)(F)C1=CCCCO1. The Bertz CT molecular complexity index is 151. The van der Waals surface area contributed by atoms with Gasteiger partial charge in [0, 0.05) is 5.66 Å². The zero-order valence-corrected chi connectivity index (χ0v) is 5.32. The molecule has 0 saturated heterocycles. The first kappa shape index (κ1) is 7.50. The molecule has 5 heteroatoms. The standard InChI is InChI=1S/C5H7BF3O/c7-6(8,9)5-3-1-2-4-10-5/h3H,1-2,4H2/q-1. The number of rotatable bonds is 1. The molecule has 0 fully saturated rings. The van der Waals surface area contributed by atoms with Gasteiger partial charge in [0.2, 0.25) is 0 Å². The molecule has 1 nitrogen and oxygen atoms in total. The molecule has 0 spiro atoms. The van der Waals surface area contributed by atoms with Gasteiger partial charge in [-0.1, -0.05) is 6.08 Å². The van der Waals surface area contributed by atoms with Crippen molar-refractivity contribution in [1.29, 1.82) is 0 Å². The second-order valence-corrected chi connectivity index (χ2v) is 2.17. The van der Waals surface area contributed by atoms with Crippen LogP contribution in [-0.4, -0.2) is 13.6 Å². The van der Waals surface area contributed by atoms with Gasteiger partial charge in [-0.3, -0.25) is 0 Å². The van der Waals surface area contributed by atoms with E-state index in [1.165, 1.54) is 0 Å². The number of halogens is 3. The molecule has 0 aromatic carbocycles. The molecule has 0 N–H and O–H groups in total. The molecule has 0 aliphatic carbocycles. The van der Waals surface area contributed by atoms with E-state index in [0.717, 1.165) is 6.08 Å². The minimum absolute atomic E-state index is 0.201. The van der Waals surface area contributed by atoms with Crippen LogP contribution in [0.4, 0.5) is 12.9 Å². The van der Waals surface area contributed by atoms with Crippen molar-refractivity contribution in [3.8, 4) is 0 Å². The number of allylic oxidation sites excluding steroid dienone is 1. The lowest BCUT2D eigenvalue weighted by Crippen LogP contribution is -2.23. The maximum Gasteiger partial charge on any atom is 0.543 e. The number of ether oxygens (including phenoxy) is 1. The Hall–Kier alpha value is -0.605. The molecule has 1 aliphatic rings. The van der Waals surface area contributed by atoms with E-state index in [2.05, 4.69) is 4.74 Å². The third kappa shape index (κ3) is 1.69. The van der Waals surface area contributed by atoms with Crippen LogP contribution in [0.25, 0.3) is 0 Å². The van der Waals surface area contributed by atoms with Crippen molar-refractivity contribution < 1.29 is 17.7 Å². The third-order valence-corrected chi connectivity index (χ3v) is 1.29. The molecule has 0 atom stereocenters. The lowest BCUT2D eigenvalue weighted by Gasteiger charge is -2.23. The van der Waals surface area contributed by atoms with Crippen molar-refractivity contribution in [2.24, 2.45) is 0 Å². The normalized spacial score (nSPS) is 19.7. The lowest BCUT2D eigenvalue weighted by molar-refractivity contribution is 0.195. The molecule has 10 heavy (non-hydrogen) atoms. The molecule has 1 aliphatic heterocycles. The summed E-state index contributed by atoms with van der Waals surface area (Å²) >= 11 is 0. The Balaban J connectivity index is 2.62. The van der Waals surface area contributed by atoms with Gasteiger partial charge >= 0.3 is 6.98 Å². The molecular formula is C5H7BF3O-. The molecule has 1 heterocycles. The highest BCUT2D eigenvalue weighted by molar-refractivity contribution is 6.66. The number of hydrogen-bond donors (Lipinski definition) is 0. The first-order valence-corrected chi connectivity index (χ1v) is 3.13. The summed E-state index contributed by atoms with van der Waals surface area (Å²) in [6.45, 7) is -4.69. The van der Waals surface area contributed by atoms with Crippen molar-refractivity contribution in [1.82, 2.24) is 0 Å². The van der Waals surface area contributed by atoms with Crippen LogP contribution in [0.5, 0.6) is 0 Å². The fraction of sp³-hybridized carbons (Fsp3) is 0.600. The van der Waals surface area contributed by atoms with Crippen LogP contribution in [0, 0.1) is 0 Å². The van der Waals surface area contributed by atoms with Gasteiger partial charge in [-0.25, -0.2) is 0 Å². The molecule has 0 aromatic rings. The van der Waals surface area contributed by atoms with Crippen molar-refractivity contribution >= 4 is 6.98 Å². The molecule has 1 rings (SSSR count). The van der Waals surface area contributed by atoms with Gasteiger partial charge in [0.15, 0.2) is 0 Å². The van der Waals surface area contributed by atoms with Crippen molar-refractivity contribution in [2.45, 2.75) is 12.8 Å². The predicted molar refractivity (Wildman–Crippen MR) is 32.3 cm³/mol. The largest absolute Gasteiger partial charge is 0.543 e. The summed E-state index contributed by atoms with van der Waals surface area (Å²) in [6.07, 6.45) is 2.29. The molecule has 58 valence electrons. The second kappa shape index (κ2) is 2.56. The summed E-state index contributed by atoms with van der Waals surface area (Å²) in [7, 11) is 0. The van der Waals surface area contributed by atoms with Crippen LogP contribution < -0.4 is 0 Å². The van der Waals surface area contributed by atoms with Gasteiger partial charge in [0.1, 0.15) is 0 Å². The van der Waals surface area contributed by atoms with E-state index < -0.39 is 12.6 Å². The van der Waals surface area contributed by atoms with Gasteiger partial charge in [-0.05, 0) is 12.8 Å². The summed E-state index contributed by atoms with van der Waals surface area (Å²) in [4.78, 5) is 0. The fourth-order valence-electron chi connectivity index (χ4n) is 0.805. The minimum atomic E-state index is -4.89. The van der Waals surface area contributed by atoms with Gasteiger partial charge < -0.3 is 17.7 Å². The van der Waals surface area contributed by atoms with Gasteiger partial charge in [0.05, 0.1) is 6.61 Å². The van der Waals surface area contributed by atoms with E-state index in [4.69, 9.17) is 0 Å². The molecule has 0 unspecified atom stereocenters. The molecule has 0 bridgehead atoms. The third-order valence-electron chi connectivity index (χ3n) is 1.29. The molecule has 0 saturated carbocycles. The van der Waals surface area contributed by atoms with Crippen molar-refractivity contribution in [3.05, 3.63) is 11.7 Å². The van der Waals surface area contributed by atoms with E-state index in [1.54, 1.807) is 0 Å². The van der Waals surface area contributed by atoms with Crippen LogP contribution >= 0.6 is 0 Å². The van der Waals surface area contributed by atoms with Crippen molar-refractivity contribution in [3.63, 3.8) is 0 Å². The Morgan fingerprint density at radius 1 is 1.40 bits per heavy atom. The summed E-state index contributed by atoms with van der Waals surface area (Å²) in [5.41, 5.74) is -0.772. The summed E-state index contributed by atoms with van der Waals surface area (Å²) < 4.78 is 39.8. The molecular weight excluding hydrogens is 144 g/mol. The Kier molecular flexibility index (Phi) is 1.92. The zero-order valence-electron chi connectivity index (χ0n) is 5.32. The first-order valence-electron chi connectivity index (χ1n) is 3.13. The quantitative estimate of drug-likeness (QED) is 0.521. The highest BCUT2D eigenvalue weighted by atomic mass is 19.4. The highest BCUT2D eigenvalue weighted by Gasteiger charge is 2.31. The van der Waals surface area contributed by atoms with E-state index in [1.807, 2.05) is 0 Å². The Morgan fingerprint density at radius 3 is 2.40 bits per heavy atom. The average Bonchev–Trinajstić information content (AvgIpc) is 1.88. The highest BCUT2D eigenvalue weighted by Crippen LogP contribution is 2.24. The Labute approximate surface area is 56.9 Å². The number of hydrogen-bond acceptors (Lipinski definition) is 1. The van der Waals surface area contributed by atoms with Crippen LogP contribution in [0.2, 0.25) is 0 Å². The summed E-state index contributed by atoms with van der Waals surface area (Å²) in [5.74, 6) is 0. The second-order valence-electron chi connectivity index (χ2n) is 2.17. The zero-order chi connectivity index (χ0) is 7.61. The van der Waals surface area contributed by atoms with Crippen LogP contribution in [0.15, 0.2) is 11.7 Å². The summed E-state index contributed by atoms with van der Waals surface area (Å²) in [5, 5.41) is 0. The van der Waals surface area contributed by atoms with Gasteiger partial charge in [-0.2, -0.15) is 0 Å². The molecule has 0 aromatic heterocycles. The van der Waals surface area contributed by atoms with E-state index in [-0.39, 0.29) is 6.61 Å². The van der Waals surface area contributed by atoms with Crippen LogP contribution in [-0.2, 0) is 4.74 Å². The van der Waals surface area contributed by atoms with Crippen LogP contribution in [0.1, 0.15) is 12.8 Å². The van der Waals surface area contributed by atoms with Crippen LogP contribution in [0.3, 0.4) is 0 Å². The average molecular weight is 151 g/mol. The Morgan fingerprint density at radius 2 is 2.10 bits per heavy atom. The minimum Gasteiger partial charge on any atom is -0.530 e. The summed E-state index contributed by atoms with van der Waals surface area (Å²) in [6, 6.07) is 0. The van der Waals surface area contributed by atoms with E-state index in [9.17, 15) is 12.9 Å². The van der Waals surface area contributed by atoms with E-state index >= 15 is 0 Å². The predicted octanol–water partition coefficient (Wildman–Crippen LogP) is 2.07. The maximum atomic E-state index is 11.8. The molecule has 0 radical (unpaired) electrons. The fourth-order valence-corrected chi connectivity index (χ4v) is 0.805. The topological polar surface area (TPSA) is 9.23 Å².